The number of carboxylic acid groups (broad SMARTS) is 1. The van der Waals surface area contributed by atoms with Crippen LogP contribution in [0.3, 0.4) is 0 Å². The van der Waals surface area contributed by atoms with E-state index in [1.165, 1.54) is 0 Å². The summed E-state index contributed by atoms with van der Waals surface area (Å²) in [7, 11) is 0. The summed E-state index contributed by atoms with van der Waals surface area (Å²) in [5.41, 5.74) is 5.57. The van der Waals surface area contributed by atoms with Gasteiger partial charge in [0.25, 0.3) is 0 Å². The van der Waals surface area contributed by atoms with Gasteiger partial charge in [0.15, 0.2) is 0 Å². The molecule has 2 rings (SSSR count). The number of fused-ring (bicyclic) bond motifs is 2. The third kappa shape index (κ3) is 1.05. The Labute approximate surface area is 71.3 Å². The molecule has 3 heteroatoms. The van der Waals surface area contributed by atoms with Crippen molar-refractivity contribution in [3.05, 3.63) is 12.2 Å². The molecule has 1 fully saturated rings. The summed E-state index contributed by atoms with van der Waals surface area (Å²) in [5.74, 6) is 0.352. The molecule has 0 aliphatic heterocycles. The van der Waals surface area contributed by atoms with Gasteiger partial charge in [0.1, 0.15) is 6.04 Å². The lowest BCUT2D eigenvalue weighted by Gasteiger charge is -2.21. The van der Waals surface area contributed by atoms with Gasteiger partial charge in [-0.2, -0.15) is 0 Å². The van der Waals surface area contributed by atoms with Crippen LogP contribution in [0.5, 0.6) is 0 Å². The van der Waals surface area contributed by atoms with Crippen LogP contribution in [0, 0.1) is 17.8 Å². The van der Waals surface area contributed by atoms with Gasteiger partial charge >= 0.3 is 5.97 Å². The molecule has 1 saturated carbocycles. The Balaban J connectivity index is 2.07. The van der Waals surface area contributed by atoms with Gasteiger partial charge in [0, 0.05) is 0 Å². The Morgan fingerprint density at radius 2 is 2.25 bits per heavy atom. The van der Waals surface area contributed by atoms with Crippen LogP contribution in [0.1, 0.15) is 12.8 Å². The minimum atomic E-state index is -0.860. The minimum absolute atomic E-state index is 0.178. The largest absolute Gasteiger partial charge is 0.480 e. The molecule has 3 nitrogen and oxygen atoms in total. The lowest BCUT2D eigenvalue weighted by atomic mass is 9.87. The van der Waals surface area contributed by atoms with Crippen molar-refractivity contribution in [1.82, 2.24) is 0 Å². The zero-order chi connectivity index (χ0) is 8.72. The molecule has 66 valence electrons. The Kier molecular flexibility index (Phi) is 1.68. The molecule has 12 heavy (non-hydrogen) atoms. The zero-order valence-corrected chi connectivity index (χ0v) is 6.81. The summed E-state index contributed by atoms with van der Waals surface area (Å²) >= 11 is 0. The number of rotatable bonds is 2. The smallest absolute Gasteiger partial charge is 0.320 e. The summed E-state index contributed by atoms with van der Waals surface area (Å²) < 4.78 is 0. The molecule has 4 atom stereocenters. The molecule has 0 aromatic heterocycles. The lowest BCUT2D eigenvalue weighted by Crippen LogP contribution is -2.39. The first-order valence-electron chi connectivity index (χ1n) is 4.35. The van der Waals surface area contributed by atoms with E-state index in [9.17, 15) is 4.79 Å². The number of hydrogen-bond donors (Lipinski definition) is 2. The van der Waals surface area contributed by atoms with Crippen molar-refractivity contribution in [2.45, 2.75) is 18.9 Å². The van der Waals surface area contributed by atoms with Crippen LogP contribution in [0.15, 0.2) is 12.2 Å². The molecule has 2 aliphatic carbocycles. The van der Waals surface area contributed by atoms with Gasteiger partial charge in [-0.3, -0.25) is 4.79 Å². The van der Waals surface area contributed by atoms with E-state index in [1.807, 2.05) is 0 Å². The fourth-order valence-electron chi connectivity index (χ4n) is 2.42. The van der Waals surface area contributed by atoms with E-state index in [4.69, 9.17) is 10.8 Å². The quantitative estimate of drug-likeness (QED) is 0.592. The van der Waals surface area contributed by atoms with Crippen molar-refractivity contribution in [1.29, 1.82) is 0 Å². The Hall–Kier alpha value is -0.830. The molecular weight excluding hydrogens is 154 g/mol. The van der Waals surface area contributed by atoms with Crippen LogP contribution < -0.4 is 5.73 Å². The average molecular weight is 167 g/mol. The van der Waals surface area contributed by atoms with Gasteiger partial charge in [0.05, 0.1) is 0 Å². The Morgan fingerprint density at radius 1 is 1.50 bits per heavy atom. The van der Waals surface area contributed by atoms with E-state index in [2.05, 4.69) is 12.2 Å². The highest BCUT2D eigenvalue weighted by Gasteiger charge is 2.40. The zero-order valence-electron chi connectivity index (χ0n) is 6.81. The second-order valence-electron chi connectivity index (χ2n) is 3.81. The van der Waals surface area contributed by atoms with Crippen molar-refractivity contribution in [2.24, 2.45) is 23.5 Å². The number of allylic oxidation sites excluding steroid dienone is 2. The van der Waals surface area contributed by atoms with Gasteiger partial charge < -0.3 is 10.8 Å². The van der Waals surface area contributed by atoms with Crippen LogP contribution in [0.4, 0.5) is 0 Å². The van der Waals surface area contributed by atoms with E-state index in [-0.39, 0.29) is 5.92 Å². The fourth-order valence-corrected chi connectivity index (χ4v) is 2.42. The molecule has 0 radical (unpaired) electrons. The highest BCUT2D eigenvalue weighted by molar-refractivity contribution is 5.73. The molecule has 2 aliphatic rings. The van der Waals surface area contributed by atoms with E-state index in [0.717, 1.165) is 12.8 Å². The van der Waals surface area contributed by atoms with Crippen LogP contribution in [0.25, 0.3) is 0 Å². The summed E-state index contributed by atoms with van der Waals surface area (Å²) in [6.45, 7) is 0. The summed E-state index contributed by atoms with van der Waals surface area (Å²) in [5, 5.41) is 8.72. The van der Waals surface area contributed by atoms with E-state index >= 15 is 0 Å². The first-order valence-corrected chi connectivity index (χ1v) is 4.35. The molecule has 0 spiro atoms. The highest BCUT2D eigenvalue weighted by Crippen LogP contribution is 2.44. The topological polar surface area (TPSA) is 63.3 Å². The molecular formula is C9H13NO2. The minimum Gasteiger partial charge on any atom is -0.480 e. The molecule has 0 unspecified atom stereocenters. The maximum absolute atomic E-state index is 10.6. The maximum atomic E-state index is 10.6. The summed E-state index contributed by atoms with van der Waals surface area (Å²) in [4.78, 5) is 10.6. The first kappa shape index (κ1) is 7.80. The lowest BCUT2D eigenvalue weighted by molar-refractivity contribution is -0.140. The number of hydrogen-bond acceptors (Lipinski definition) is 2. The number of carboxylic acids is 1. The van der Waals surface area contributed by atoms with Gasteiger partial charge in [0.2, 0.25) is 0 Å². The molecule has 3 N–H and O–H groups in total. The monoisotopic (exact) mass is 167 g/mol. The number of carbonyl (C=O) groups is 1. The van der Waals surface area contributed by atoms with Gasteiger partial charge in [-0.05, 0) is 30.6 Å². The second-order valence-corrected chi connectivity index (χ2v) is 3.81. The van der Waals surface area contributed by atoms with Crippen LogP contribution in [-0.4, -0.2) is 17.1 Å². The van der Waals surface area contributed by atoms with E-state index < -0.39 is 12.0 Å². The van der Waals surface area contributed by atoms with Gasteiger partial charge in [-0.15, -0.1) is 0 Å². The highest BCUT2D eigenvalue weighted by atomic mass is 16.4. The van der Waals surface area contributed by atoms with Gasteiger partial charge in [-0.25, -0.2) is 0 Å². The van der Waals surface area contributed by atoms with Crippen molar-refractivity contribution in [2.75, 3.05) is 0 Å². The predicted molar refractivity (Wildman–Crippen MR) is 44.5 cm³/mol. The van der Waals surface area contributed by atoms with Crippen molar-refractivity contribution < 1.29 is 9.90 Å². The fraction of sp³-hybridized carbons (Fsp3) is 0.667. The maximum Gasteiger partial charge on any atom is 0.320 e. The molecule has 0 aromatic carbocycles. The Bertz CT molecular complexity index is 237. The van der Waals surface area contributed by atoms with E-state index in [0.29, 0.717) is 11.8 Å². The van der Waals surface area contributed by atoms with Crippen LogP contribution in [0.2, 0.25) is 0 Å². The molecule has 0 saturated heterocycles. The average Bonchev–Trinajstić information content (AvgIpc) is 2.62. The predicted octanol–water partition coefficient (Wildman–Crippen LogP) is 0.610. The van der Waals surface area contributed by atoms with Crippen LogP contribution in [-0.2, 0) is 4.79 Å². The first-order chi connectivity index (χ1) is 5.68. The Morgan fingerprint density at radius 3 is 2.67 bits per heavy atom. The molecule has 0 heterocycles. The number of aliphatic carboxylic acids is 1. The summed E-state index contributed by atoms with van der Waals surface area (Å²) in [6.07, 6.45) is 6.40. The van der Waals surface area contributed by atoms with Crippen molar-refractivity contribution in [3.63, 3.8) is 0 Å². The van der Waals surface area contributed by atoms with E-state index in [1.54, 1.807) is 0 Å². The number of nitrogens with two attached hydrogens (primary N) is 1. The van der Waals surface area contributed by atoms with Gasteiger partial charge in [-0.1, -0.05) is 12.2 Å². The van der Waals surface area contributed by atoms with Crippen molar-refractivity contribution in [3.8, 4) is 0 Å². The molecule has 2 bridgehead atoms. The third-order valence-corrected chi connectivity index (χ3v) is 3.08. The second kappa shape index (κ2) is 2.59. The summed E-state index contributed by atoms with van der Waals surface area (Å²) in [6, 6.07) is -0.662. The molecule has 0 aromatic rings. The third-order valence-electron chi connectivity index (χ3n) is 3.08. The SMILES string of the molecule is N[C@@H](C(=O)O)[C@H]1C[C@H]2C=C[C@H]1C2. The standard InChI is InChI=1S/C9H13NO2/c10-8(9(11)12)7-4-5-1-2-6(7)3-5/h1-2,5-8H,3-4,10H2,(H,11,12)/t5-,6-,7-,8+/m0/s1. The van der Waals surface area contributed by atoms with Crippen LogP contribution >= 0.6 is 0 Å². The van der Waals surface area contributed by atoms with Crippen molar-refractivity contribution >= 4 is 5.97 Å². The molecule has 0 amide bonds. The normalized spacial score (nSPS) is 40.2.